The molecule has 0 fully saturated rings. The first kappa shape index (κ1) is 39.1. The minimum atomic E-state index is -1.09. The number of aliphatic hydroxyl groups excluding tert-OH is 3. The molecule has 0 radical (unpaired) electrons. The first-order valence-electron chi connectivity index (χ1n) is 17.4. The molecule has 0 bridgehead atoms. The van der Waals surface area contributed by atoms with Crippen LogP contribution in [-0.4, -0.2) is 46.1 Å². The van der Waals surface area contributed by atoms with E-state index in [-0.39, 0.29) is 6.61 Å². The summed E-state index contributed by atoms with van der Waals surface area (Å²) in [5, 5.41) is 32.9. The number of unbranched alkanes of at least 4 members (excludes halogenated alkanes) is 19. The van der Waals surface area contributed by atoms with Crippen LogP contribution >= 0.6 is 0 Å². The van der Waals surface area contributed by atoms with Crippen molar-refractivity contribution >= 4 is 5.91 Å². The number of nitrogens with one attached hydrogen (secondary N) is 1. The molecule has 0 heterocycles. The van der Waals surface area contributed by atoms with Gasteiger partial charge >= 0.3 is 0 Å². The number of allylic oxidation sites excluding steroid dienone is 1. The fourth-order valence-corrected chi connectivity index (χ4v) is 5.22. The SMILES string of the molecule is CCCCCCCCCCCCCCC(O)C(=O)NC(CO)C(O)/C=C/CCCCCCCCCCC(C)CC. The van der Waals surface area contributed by atoms with Gasteiger partial charge in [0, 0.05) is 0 Å². The van der Waals surface area contributed by atoms with Gasteiger partial charge in [0.1, 0.15) is 6.10 Å². The molecule has 1 amide bonds. The highest BCUT2D eigenvalue weighted by atomic mass is 16.3. The van der Waals surface area contributed by atoms with E-state index in [0.29, 0.717) is 6.42 Å². The molecule has 0 aliphatic heterocycles. The number of amides is 1. The predicted molar refractivity (Wildman–Crippen MR) is 171 cm³/mol. The zero-order valence-electron chi connectivity index (χ0n) is 26.9. The molecular weight excluding hydrogens is 498 g/mol. The van der Waals surface area contributed by atoms with E-state index in [2.05, 4.69) is 26.1 Å². The van der Waals surface area contributed by atoms with Crippen molar-refractivity contribution in [1.82, 2.24) is 5.32 Å². The molecule has 4 unspecified atom stereocenters. The van der Waals surface area contributed by atoms with Gasteiger partial charge in [-0.15, -0.1) is 0 Å². The number of aliphatic hydroxyl groups is 3. The molecule has 0 rings (SSSR count). The van der Waals surface area contributed by atoms with Crippen LogP contribution in [0.4, 0.5) is 0 Å². The summed E-state index contributed by atoms with van der Waals surface area (Å²) in [4.78, 5) is 12.3. The van der Waals surface area contributed by atoms with Gasteiger partial charge in [-0.2, -0.15) is 0 Å². The summed E-state index contributed by atoms with van der Waals surface area (Å²) in [6.45, 7) is 6.51. The summed E-state index contributed by atoms with van der Waals surface area (Å²) < 4.78 is 0. The number of rotatable bonds is 30. The highest BCUT2D eigenvalue weighted by Crippen LogP contribution is 2.16. The molecule has 4 atom stereocenters. The second-order valence-corrected chi connectivity index (χ2v) is 12.3. The van der Waals surface area contributed by atoms with Crippen LogP contribution in [-0.2, 0) is 4.79 Å². The van der Waals surface area contributed by atoms with Crippen LogP contribution in [0.5, 0.6) is 0 Å². The quantitative estimate of drug-likeness (QED) is 0.0516. The number of carbonyl (C=O) groups is 1. The fourth-order valence-electron chi connectivity index (χ4n) is 5.22. The second-order valence-electron chi connectivity index (χ2n) is 12.3. The maximum Gasteiger partial charge on any atom is 0.249 e. The van der Waals surface area contributed by atoms with Gasteiger partial charge in [0.05, 0.1) is 18.8 Å². The Morgan fingerprint density at radius 1 is 0.675 bits per heavy atom. The Labute approximate surface area is 249 Å². The van der Waals surface area contributed by atoms with Crippen LogP contribution < -0.4 is 5.32 Å². The van der Waals surface area contributed by atoms with E-state index < -0.39 is 24.2 Å². The van der Waals surface area contributed by atoms with E-state index in [1.807, 2.05) is 6.08 Å². The average molecular weight is 568 g/mol. The van der Waals surface area contributed by atoms with Gasteiger partial charge in [0.15, 0.2) is 0 Å². The van der Waals surface area contributed by atoms with Gasteiger partial charge < -0.3 is 20.6 Å². The molecule has 4 N–H and O–H groups in total. The molecule has 0 aliphatic rings. The van der Waals surface area contributed by atoms with Crippen LogP contribution in [0, 0.1) is 5.92 Å². The Morgan fingerprint density at radius 2 is 1.12 bits per heavy atom. The minimum absolute atomic E-state index is 0.361. The van der Waals surface area contributed by atoms with Crippen LogP contribution in [0.25, 0.3) is 0 Å². The Balaban J connectivity index is 3.79. The minimum Gasteiger partial charge on any atom is -0.394 e. The summed E-state index contributed by atoms with van der Waals surface area (Å²) in [6.07, 6.45) is 30.7. The summed E-state index contributed by atoms with van der Waals surface area (Å²) in [5.41, 5.74) is 0. The lowest BCUT2D eigenvalue weighted by Crippen LogP contribution is -2.48. The van der Waals surface area contributed by atoms with Gasteiger partial charge in [-0.05, 0) is 25.2 Å². The second kappa shape index (κ2) is 29.6. The van der Waals surface area contributed by atoms with Gasteiger partial charge in [-0.25, -0.2) is 0 Å². The van der Waals surface area contributed by atoms with E-state index in [1.54, 1.807) is 6.08 Å². The highest BCUT2D eigenvalue weighted by Gasteiger charge is 2.22. The number of hydrogen-bond donors (Lipinski definition) is 4. The van der Waals surface area contributed by atoms with E-state index >= 15 is 0 Å². The Morgan fingerprint density at radius 3 is 1.60 bits per heavy atom. The molecule has 0 aliphatic carbocycles. The van der Waals surface area contributed by atoms with Crippen molar-refractivity contribution in [2.24, 2.45) is 5.92 Å². The molecule has 40 heavy (non-hydrogen) atoms. The summed E-state index contributed by atoms with van der Waals surface area (Å²) >= 11 is 0. The van der Waals surface area contributed by atoms with Gasteiger partial charge in [0.2, 0.25) is 5.91 Å². The fraction of sp³-hybridized carbons (Fsp3) is 0.914. The van der Waals surface area contributed by atoms with Crippen molar-refractivity contribution in [3.63, 3.8) is 0 Å². The highest BCUT2D eigenvalue weighted by molar-refractivity contribution is 5.80. The van der Waals surface area contributed by atoms with Crippen LogP contribution in [0.3, 0.4) is 0 Å². The molecule has 5 nitrogen and oxygen atoms in total. The summed E-state index contributed by atoms with van der Waals surface area (Å²) in [7, 11) is 0. The van der Waals surface area contributed by atoms with Crippen molar-refractivity contribution in [2.75, 3.05) is 6.61 Å². The Kier molecular flexibility index (Phi) is 28.9. The van der Waals surface area contributed by atoms with Crippen molar-refractivity contribution in [3.05, 3.63) is 12.2 Å². The lowest BCUT2D eigenvalue weighted by atomic mass is 9.99. The zero-order valence-corrected chi connectivity index (χ0v) is 26.9. The van der Waals surface area contributed by atoms with Gasteiger partial charge in [-0.3, -0.25) is 4.79 Å². The van der Waals surface area contributed by atoms with E-state index in [4.69, 9.17) is 0 Å². The predicted octanol–water partition coefficient (Wildman–Crippen LogP) is 8.78. The third-order valence-electron chi connectivity index (χ3n) is 8.42. The van der Waals surface area contributed by atoms with Gasteiger partial charge in [0.25, 0.3) is 0 Å². The Hall–Kier alpha value is -0.910. The maximum absolute atomic E-state index is 12.3. The third-order valence-corrected chi connectivity index (χ3v) is 8.42. The third kappa shape index (κ3) is 24.9. The molecular formula is C35H69NO4. The Bertz CT molecular complexity index is 568. The first-order chi connectivity index (χ1) is 19.5. The molecule has 238 valence electrons. The van der Waals surface area contributed by atoms with E-state index in [9.17, 15) is 20.1 Å². The standard InChI is InChI=1S/C35H69NO4/c1-4-6-7-8-9-10-11-12-17-20-23-26-29-34(39)35(40)36-32(30-37)33(38)28-25-22-19-16-14-13-15-18-21-24-27-31(3)5-2/h25,28,31-34,37-39H,4-24,26-27,29-30H2,1-3H3,(H,36,40)/b28-25+. The van der Waals surface area contributed by atoms with Crippen molar-refractivity contribution < 1.29 is 20.1 Å². The molecule has 5 heteroatoms. The smallest absolute Gasteiger partial charge is 0.249 e. The molecule has 0 aromatic heterocycles. The molecule has 0 aromatic rings. The van der Waals surface area contributed by atoms with E-state index in [1.165, 1.54) is 116 Å². The van der Waals surface area contributed by atoms with Crippen LogP contribution in [0.2, 0.25) is 0 Å². The van der Waals surface area contributed by atoms with Crippen LogP contribution in [0.1, 0.15) is 175 Å². The van der Waals surface area contributed by atoms with Crippen LogP contribution in [0.15, 0.2) is 12.2 Å². The van der Waals surface area contributed by atoms with Gasteiger partial charge in [-0.1, -0.05) is 168 Å². The lowest BCUT2D eigenvalue weighted by molar-refractivity contribution is -0.131. The van der Waals surface area contributed by atoms with Crippen molar-refractivity contribution in [1.29, 1.82) is 0 Å². The molecule has 0 saturated heterocycles. The normalized spacial score (nSPS) is 14.8. The first-order valence-corrected chi connectivity index (χ1v) is 17.4. The molecule has 0 aromatic carbocycles. The van der Waals surface area contributed by atoms with Crippen molar-refractivity contribution in [3.8, 4) is 0 Å². The van der Waals surface area contributed by atoms with E-state index in [0.717, 1.165) is 38.0 Å². The topological polar surface area (TPSA) is 89.8 Å². The molecule has 0 spiro atoms. The monoisotopic (exact) mass is 568 g/mol. The average Bonchev–Trinajstić information content (AvgIpc) is 2.96. The lowest BCUT2D eigenvalue weighted by Gasteiger charge is -2.21. The largest absolute Gasteiger partial charge is 0.394 e. The molecule has 0 saturated carbocycles. The maximum atomic E-state index is 12.3. The summed E-state index contributed by atoms with van der Waals surface area (Å²) in [5.74, 6) is 0.366. The zero-order chi connectivity index (χ0) is 29.7. The number of carbonyl (C=O) groups excluding carboxylic acids is 1. The summed E-state index contributed by atoms with van der Waals surface area (Å²) in [6, 6.07) is -0.791. The number of hydrogen-bond acceptors (Lipinski definition) is 4. The van der Waals surface area contributed by atoms with Crippen molar-refractivity contribution in [2.45, 2.75) is 193 Å².